The Hall–Kier alpha value is -2.09. The van der Waals surface area contributed by atoms with Gasteiger partial charge in [-0.1, -0.05) is 76.6 Å². The molecule has 28 heavy (non-hydrogen) atoms. The van der Waals surface area contributed by atoms with Gasteiger partial charge in [0.15, 0.2) is 0 Å². The van der Waals surface area contributed by atoms with Gasteiger partial charge in [-0.2, -0.15) is 0 Å². The minimum absolute atomic E-state index is 0.121. The molecule has 0 amide bonds. The van der Waals surface area contributed by atoms with Crippen LogP contribution >= 0.6 is 0 Å². The molecule has 2 atom stereocenters. The molecule has 2 rings (SSSR count). The van der Waals surface area contributed by atoms with Crippen LogP contribution in [0, 0.1) is 18.8 Å². The molecule has 0 bridgehead atoms. The van der Waals surface area contributed by atoms with Gasteiger partial charge in [-0.05, 0) is 61.3 Å². The summed E-state index contributed by atoms with van der Waals surface area (Å²) >= 11 is 0. The van der Waals surface area contributed by atoms with Gasteiger partial charge in [-0.15, -0.1) is 0 Å². The van der Waals surface area contributed by atoms with Crippen molar-refractivity contribution < 1.29 is 4.79 Å². The van der Waals surface area contributed by atoms with E-state index in [1.165, 1.54) is 16.7 Å². The van der Waals surface area contributed by atoms with E-state index in [1.807, 2.05) is 7.05 Å². The molecular formula is C26H39NO. The van der Waals surface area contributed by atoms with Gasteiger partial charge in [0.05, 0.1) is 0 Å². The average Bonchev–Trinajstić information content (AvgIpc) is 2.66. The van der Waals surface area contributed by atoms with Gasteiger partial charge in [0.1, 0.15) is 5.78 Å². The molecule has 0 aliphatic heterocycles. The number of aryl methyl sites for hydroxylation is 1. The van der Waals surface area contributed by atoms with Crippen LogP contribution in [0.3, 0.4) is 0 Å². The summed E-state index contributed by atoms with van der Waals surface area (Å²) in [5.74, 6) is 1.79. The predicted molar refractivity (Wildman–Crippen MR) is 123 cm³/mol. The molecule has 2 nitrogen and oxygen atoms in total. The summed E-state index contributed by atoms with van der Waals surface area (Å²) in [4.78, 5) is 11.9. The van der Waals surface area contributed by atoms with Gasteiger partial charge in [0.2, 0.25) is 0 Å². The standard InChI is InChI=1S/C16H25NO.C10H14/c1-6-15(16(11(2)3)12(4)18)13-7-9-14(17-5)10-8-13;1-8(2)10-6-4-9(3)5-7-10/h7-11,15-17H,6H2,1-5H3;4-8H,1-3H3. The van der Waals surface area contributed by atoms with E-state index in [-0.39, 0.29) is 5.92 Å². The summed E-state index contributed by atoms with van der Waals surface area (Å²) < 4.78 is 0. The number of hydrogen-bond acceptors (Lipinski definition) is 2. The molecule has 0 spiro atoms. The molecule has 2 unspecified atom stereocenters. The van der Waals surface area contributed by atoms with Crippen molar-refractivity contribution in [2.45, 2.75) is 66.7 Å². The van der Waals surface area contributed by atoms with Crippen LogP contribution in [0.1, 0.15) is 76.5 Å². The lowest BCUT2D eigenvalue weighted by molar-refractivity contribution is -0.122. The summed E-state index contributed by atoms with van der Waals surface area (Å²) in [6.45, 7) is 14.7. The zero-order chi connectivity index (χ0) is 21.3. The van der Waals surface area contributed by atoms with Crippen LogP contribution in [-0.2, 0) is 4.79 Å². The van der Waals surface area contributed by atoms with E-state index in [1.54, 1.807) is 6.92 Å². The van der Waals surface area contributed by atoms with Crippen molar-refractivity contribution in [1.29, 1.82) is 0 Å². The average molecular weight is 382 g/mol. The van der Waals surface area contributed by atoms with Gasteiger partial charge in [0.25, 0.3) is 0 Å². The molecule has 2 aromatic rings. The summed E-state index contributed by atoms with van der Waals surface area (Å²) in [5.41, 5.74) is 5.14. The summed E-state index contributed by atoms with van der Waals surface area (Å²) in [7, 11) is 1.92. The van der Waals surface area contributed by atoms with E-state index in [2.05, 4.69) is 95.4 Å². The minimum atomic E-state index is 0.121. The number of rotatable bonds is 7. The number of nitrogens with one attached hydrogen (secondary N) is 1. The van der Waals surface area contributed by atoms with Crippen LogP contribution in [0.4, 0.5) is 5.69 Å². The van der Waals surface area contributed by atoms with Crippen LogP contribution in [-0.4, -0.2) is 12.8 Å². The molecule has 0 aliphatic carbocycles. The van der Waals surface area contributed by atoms with Crippen molar-refractivity contribution in [3.63, 3.8) is 0 Å². The van der Waals surface area contributed by atoms with E-state index >= 15 is 0 Å². The Morgan fingerprint density at radius 2 is 1.39 bits per heavy atom. The Kier molecular flexibility index (Phi) is 9.99. The lowest BCUT2D eigenvalue weighted by Gasteiger charge is -2.28. The minimum Gasteiger partial charge on any atom is -0.388 e. The van der Waals surface area contributed by atoms with Crippen LogP contribution in [0.15, 0.2) is 48.5 Å². The van der Waals surface area contributed by atoms with Crippen molar-refractivity contribution in [2.24, 2.45) is 11.8 Å². The van der Waals surface area contributed by atoms with Crippen LogP contribution in [0.2, 0.25) is 0 Å². The molecule has 0 aromatic heterocycles. The first-order chi connectivity index (χ1) is 13.2. The lowest BCUT2D eigenvalue weighted by Crippen LogP contribution is -2.25. The van der Waals surface area contributed by atoms with E-state index < -0.39 is 0 Å². The quantitative estimate of drug-likeness (QED) is 0.549. The first-order valence-electron chi connectivity index (χ1n) is 10.6. The Morgan fingerprint density at radius 3 is 1.75 bits per heavy atom. The van der Waals surface area contributed by atoms with Crippen LogP contribution < -0.4 is 5.32 Å². The van der Waals surface area contributed by atoms with E-state index in [0.29, 0.717) is 23.5 Å². The van der Waals surface area contributed by atoms with Crippen LogP contribution in [0.25, 0.3) is 0 Å². The normalized spacial score (nSPS) is 12.9. The summed E-state index contributed by atoms with van der Waals surface area (Å²) in [6, 6.07) is 17.1. The number of hydrogen-bond donors (Lipinski definition) is 1. The van der Waals surface area contributed by atoms with Gasteiger partial charge >= 0.3 is 0 Å². The number of ketones is 1. The Labute approximate surface area is 172 Å². The second-order valence-corrected chi connectivity index (χ2v) is 8.33. The highest BCUT2D eigenvalue weighted by atomic mass is 16.1. The van der Waals surface area contributed by atoms with E-state index in [4.69, 9.17) is 0 Å². The molecule has 0 saturated heterocycles. The molecule has 154 valence electrons. The fourth-order valence-electron chi connectivity index (χ4n) is 3.76. The third kappa shape index (κ3) is 7.14. The third-order valence-electron chi connectivity index (χ3n) is 5.43. The van der Waals surface area contributed by atoms with Crippen molar-refractivity contribution in [3.05, 3.63) is 65.2 Å². The second kappa shape index (κ2) is 11.7. The highest BCUT2D eigenvalue weighted by Crippen LogP contribution is 2.34. The maximum absolute atomic E-state index is 11.9. The van der Waals surface area contributed by atoms with Crippen molar-refractivity contribution in [1.82, 2.24) is 0 Å². The molecule has 1 N–H and O–H groups in total. The molecule has 0 heterocycles. The Bertz CT molecular complexity index is 698. The number of carbonyl (C=O) groups excluding carboxylic acids is 1. The highest BCUT2D eigenvalue weighted by Gasteiger charge is 2.28. The smallest absolute Gasteiger partial charge is 0.133 e. The van der Waals surface area contributed by atoms with E-state index in [0.717, 1.165) is 12.1 Å². The third-order valence-corrected chi connectivity index (χ3v) is 5.43. The zero-order valence-electron chi connectivity index (χ0n) is 19.0. The van der Waals surface area contributed by atoms with E-state index in [9.17, 15) is 4.79 Å². The van der Waals surface area contributed by atoms with Crippen molar-refractivity contribution in [2.75, 3.05) is 12.4 Å². The molecule has 0 radical (unpaired) electrons. The van der Waals surface area contributed by atoms with Crippen LogP contribution in [0.5, 0.6) is 0 Å². The zero-order valence-corrected chi connectivity index (χ0v) is 19.0. The molecule has 0 aliphatic rings. The topological polar surface area (TPSA) is 29.1 Å². The molecule has 0 saturated carbocycles. The monoisotopic (exact) mass is 381 g/mol. The first kappa shape index (κ1) is 23.9. The largest absolute Gasteiger partial charge is 0.388 e. The Morgan fingerprint density at radius 1 is 0.893 bits per heavy atom. The maximum Gasteiger partial charge on any atom is 0.133 e. The fourth-order valence-corrected chi connectivity index (χ4v) is 3.76. The molecule has 0 fully saturated rings. The Balaban J connectivity index is 0.000000330. The fraction of sp³-hybridized carbons (Fsp3) is 0.500. The molecular weight excluding hydrogens is 342 g/mol. The summed E-state index contributed by atoms with van der Waals surface area (Å²) in [6.07, 6.45) is 1.00. The van der Waals surface area contributed by atoms with Gasteiger partial charge in [-0.25, -0.2) is 0 Å². The molecule has 2 aromatic carbocycles. The first-order valence-corrected chi connectivity index (χ1v) is 10.6. The molecule has 2 heteroatoms. The number of Topliss-reactive ketones (excluding diaryl/α,β-unsaturated/α-hetero) is 1. The van der Waals surface area contributed by atoms with Crippen molar-refractivity contribution >= 4 is 11.5 Å². The number of carbonyl (C=O) groups is 1. The maximum atomic E-state index is 11.9. The van der Waals surface area contributed by atoms with Crippen molar-refractivity contribution in [3.8, 4) is 0 Å². The van der Waals surface area contributed by atoms with Gasteiger partial charge in [0, 0.05) is 18.7 Å². The second-order valence-electron chi connectivity index (χ2n) is 8.33. The van der Waals surface area contributed by atoms with Gasteiger partial charge < -0.3 is 5.32 Å². The lowest BCUT2D eigenvalue weighted by atomic mass is 9.76. The van der Waals surface area contributed by atoms with Gasteiger partial charge in [-0.3, -0.25) is 4.79 Å². The highest BCUT2D eigenvalue weighted by molar-refractivity contribution is 5.79. The predicted octanol–water partition coefficient (Wildman–Crippen LogP) is 7.20. The SMILES string of the molecule is CCC(c1ccc(NC)cc1)C(C(C)=O)C(C)C.Cc1ccc(C(C)C)cc1. The number of anilines is 1. The summed E-state index contributed by atoms with van der Waals surface area (Å²) in [5, 5.41) is 3.12. The number of benzene rings is 2.